The minimum absolute atomic E-state index is 0.109. The molecule has 1 N–H and O–H groups in total. The van der Waals surface area contributed by atoms with E-state index in [2.05, 4.69) is 5.10 Å². The fourth-order valence-electron chi connectivity index (χ4n) is 3.68. The van der Waals surface area contributed by atoms with Crippen molar-refractivity contribution >= 4 is 11.9 Å². The molecule has 1 aliphatic rings. The molecule has 3 aromatic rings. The Hall–Kier alpha value is -3.75. The summed E-state index contributed by atoms with van der Waals surface area (Å²) in [7, 11) is 0. The fraction of sp³-hybridized carbons (Fsp3) is 0.238. The van der Waals surface area contributed by atoms with Gasteiger partial charge in [-0.1, -0.05) is 12.1 Å². The minimum atomic E-state index is -1.29. The zero-order chi connectivity index (χ0) is 21.4. The van der Waals surface area contributed by atoms with Gasteiger partial charge in [-0.2, -0.15) is 5.10 Å². The number of benzene rings is 1. The number of carbonyl (C=O) groups excluding carboxylic acids is 1. The average molecular weight is 410 g/mol. The van der Waals surface area contributed by atoms with Crippen molar-refractivity contribution in [3.05, 3.63) is 81.3 Å². The predicted molar refractivity (Wildman–Crippen MR) is 105 cm³/mol. The molecule has 30 heavy (non-hydrogen) atoms. The number of aromatic nitrogens is 3. The van der Waals surface area contributed by atoms with Crippen LogP contribution in [0.2, 0.25) is 0 Å². The van der Waals surface area contributed by atoms with Crippen molar-refractivity contribution in [2.75, 3.05) is 6.54 Å². The first-order valence-corrected chi connectivity index (χ1v) is 9.37. The smallest absolute Gasteiger partial charge is 0.341 e. The molecule has 0 atom stereocenters. The van der Waals surface area contributed by atoms with Crippen molar-refractivity contribution in [1.82, 2.24) is 19.2 Å². The molecule has 0 saturated heterocycles. The number of pyridine rings is 1. The number of fused-ring (bicyclic) bond motifs is 1. The Morgan fingerprint density at radius 3 is 2.60 bits per heavy atom. The molecular weight excluding hydrogens is 391 g/mol. The van der Waals surface area contributed by atoms with Crippen LogP contribution >= 0.6 is 0 Å². The van der Waals surface area contributed by atoms with Gasteiger partial charge in [-0.05, 0) is 35.2 Å². The largest absolute Gasteiger partial charge is 0.477 e. The Morgan fingerprint density at radius 2 is 1.93 bits per heavy atom. The summed E-state index contributed by atoms with van der Waals surface area (Å²) in [5.74, 6) is -1.73. The molecule has 2 aromatic heterocycles. The number of halogens is 1. The number of amides is 1. The van der Waals surface area contributed by atoms with E-state index in [0.717, 1.165) is 5.56 Å². The third-order valence-corrected chi connectivity index (χ3v) is 5.21. The van der Waals surface area contributed by atoms with E-state index >= 15 is 0 Å². The molecule has 0 unspecified atom stereocenters. The number of hydrogen-bond donors (Lipinski definition) is 1. The molecule has 154 valence electrons. The first-order chi connectivity index (χ1) is 14.3. The van der Waals surface area contributed by atoms with Gasteiger partial charge in [0.1, 0.15) is 11.4 Å². The summed E-state index contributed by atoms with van der Waals surface area (Å²) in [6.07, 6.45) is 4.98. The van der Waals surface area contributed by atoms with Gasteiger partial charge in [0.15, 0.2) is 0 Å². The number of aromatic carboxylic acids is 1. The van der Waals surface area contributed by atoms with Crippen molar-refractivity contribution < 1.29 is 19.1 Å². The molecular formula is C21H19FN4O4. The summed E-state index contributed by atoms with van der Waals surface area (Å²) in [4.78, 5) is 38.1. The van der Waals surface area contributed by atoms with Crippen LogP contribution in [-0.4, -0.2) is 42.8 Å². The van der Waals surface area contributed by atoms with Crippen molar-refractivity contribution in [2.45, 2.75) is 26.4 Å². The van der Waals surface area contributed by atoms with E-state index in [-0.39, 0.29) is 23.8 Å². The van der Waals surface area contributed by atoms with Crippen molar-refractivity contribution in [1.29, 1.82) is 0 Å². The van der Waals surface area contributed by atoms with Crippen LogP contribution in [0.3, 0.4) is 0 Å². The summed E-state index contributed by atoms with van der Waals surface area (Å²) in [5.41, 5.74) is 1.42. The first-order valence-electron chi connectivity index (χ1n) is 9.37. The maximum absolute atomic E-state index is 13.1. The Bertz CT molecular complexity index is 1200. The third-order valence-electron chi connectivity index (χ3n) is 5.21. The molecule has 1 aliphatic heterocycles. The molecule has 1 amide bonds. The number of carboxylic acids is 1. The fourth-order valence-corrected chi connectivity index (χ4v) is 3.68. The summed E-state index contributed by atoms with van der Waals surface area (Å²) in [6.45, 7) is 2.44. The van der Waals surface area contributed by atoms with Gasteiger partial charge in [-0.15, -0.1) is 0 Å². The quantitative estimate of drug-likeness (QED) is 0.708. The molecule has 0 bridgehead atoms. The number of nitrogens with zero attached hydrogens (tertiary/aromatic N) is 4. The minimum Gasteiger partial charge on any atom is -0.477 e. The Balaban J connectivity index is 1.73. The van der Waals surface area contributed by atoms with Gasteiger partial charge in [0.25, 0.3) is 5.56 Å². The predicted octanol–water partition coefficient (Wildman–Crippen LogP) is 1.82. The molecule has 9 heteroatoms. The van der Waals surface area contributed by atoms with Gasteiger partial charge in [0, 0.05) is 32.4 Å². The van der Waals surface area contributed by atoms with E-state index in [4.69, 9.17) is 0 Å². The van der Waals surface area contributed by atoms with Crippen LogP contribution in [0.4, 0.5) is 4.39 Å². The number of hydrogen-bond acceptors (Lipinski definition) is 4. The zero-order valence-corrected chi connectivity index (χ0v) is 16.2. The molecule has 8 nitrogen and oxygen atoms in total. The second-order valence-electron chi connectivity index (χ2n) is 7.20. The highest BCUT2D eigenvalue weighted by atomic mass is 19.1. The van der Waals surface area contributed by atoms with Crippen molar-refractivity contribution in [3.63, 3.8) is 0 Å². The third kappa shape index (κ3) is 3.61. The monoisotopic (exact) mass is 410 g/mol. The molecule has 4 rings (SSSR count). The maximum atomic E-state index is 13.1. The maximum Gasteiger partial charge on any atom is 0.341 e. The molecule has 3 heterocycles. The highest BCUT2D eigenvalue weighted by molar-refractivity contribution is 5.89. The zero-order valence-electron chi connectivity index (χ0n) is 16.2. The number of carboxylic acid groups (broad SMARTS) is 1. The highest BCUT2D eigenvalue weighted by Gasteiger charge is 2.27. The second-order valence-corrected chi connectivity index (χ2v) is 7.20. The summed E-state index contributed by atoms with van der Waals surface area (Å²) >= 11 is 0. The van der Waals surface area contributed by atoms with Crippen LogP contribution in [0.5, 0.6) is 0 Å². The SMILES string of the molecule is CC(=O)N1CCc2c(cn(-c3cnn(Cc4ccc(F)cc4)c3)c(=O)c2C(=O)O)C1. The number of rotatable bonds is 4. The summed E-state index contributed by atoms with van der Waals surface area (Å²) in [5, 5.41) is 13.9. The van der Waals surface area contributed by atoms with Crippen LogP contribution in [0.1, 0.15) is 34.0 Å². The Kier molecular flexibility index (Phi) is 4.94. The summed E-state index contributed by atoms with van der Waals surface area (Å²) in [6, 6.07) is 5.99. The average Bonchev–Trinajstić information content (AvgIpc) is 3.16. The van der Waals surface area contributed by atoms with E-state index in [1.807, 2.05) is 0 Å². The van der Waals surface area contributed by atoms with E-state index in [0.29, 0.717) is 36.3 Å². The molecule has 0 fully saturated rings. The van der Waals surface area contributed by atoms with Gasteiger partial charge in [0.2, 0.25) is 5.91 Å². The highest BCUT2D eigenvalue weighted by Crippen LogP contribution is 2.22. The summed E-state index contributed by atoms with van der Waals surface area (Å²) < 4.78 is 15.9. The van der Waals surface area contributed by atoms with E-state index in [1.165, 1.54) is 29.8 Å². The Labute approximate surface area is 170 Å². The molecule has 1 aromatic carbocycles. The lowest BCUT2D eigenvalue weighted by Crippen LogP contribution is -2.38. The van der Waals surface area contributed by atoms with Crippen LogP contribution in [0.25, 0.3) is 5.69 Å². The van der Waals surface area contributed by atoms with E-state index < -0.39 is 11.5 Å². The van der Waals surface area contributed by atoms with E-state index in [9.17, 15) is 23.9 Å². The lowest BCUT2D eigenvalue weighted by Gasteiger charge is -2.29. The van der Waals surface area contributed by atoms with Crippen LogP contribution in [0, 0.1) is 5.82 Å². The number of carbonyl (C=O) groups is 2. The van der Waals surface area contributed by atoms with Gasteiger partial charge in [-0.25, -0.2) is 9.18 Å². The second kappa shape index (κ2) is 7.58. The van der Waals surface area contributed by atoms with E-state index in [1.54, 1.807) is 34.1 Å². The standard InChI is InChI=1S/C21H19FN4O4/c1-13(27)24-7-6-18-15(10-24)11-26(20(28)19(18)21(29)30)17-8-23-25(12-17)9-14-2-4-16(22)5-3-14/h2-5,8,11-12H,6-7,9-10H2,1H3,(H,29,30). The Morgan fingerprint density at radius 1 is 1.20 bits per heavy atom. The normalized spacial score (nSPS) is 13.2. The van der Waals surface area contributed by atoms with Crippen LogP contribution in [0.15, 0.2) is 47.7 Å². The van der Waals surface area contributed by atoms with Gasteiger partial charge < -0.3 is 10.0 Å². The topological polar surface area (TPSA) is 97.4 Å². The lowest BCUT2D eigenvalue weighted by atomic mass is 9.96. The molecule has 0 saturated carbocycles. The first kappa shape index (κ1) is 19.6. The van der Waals surface area contributed by atoms with Crippen LogP contribution in [-0.2, 0) is 24.3 Å². The van der Waals surface area contributed by atoms with Crippen molar-refractivity contribution in [3.8, 4) is 5.69 Å². The van der Waals surface area contributed by atoms with Crippen molar-refractivity contribution in [2.24, 2.45) is 0 Å². The molecule has 0 aliphatic carbocycles. The van der Waals surface area contributed by atoms with Gasteiger partial charge in [0.05, 0.1) is 18.4 Å². The van der Waals surface area contributed by atoms with Gasteiger partial charge >= 0.3 is 5.97 Å². The molecule has 0 radical (unpaired) electrons. The molecule has 0 spiro atoms. The lowest BCUT2D eigenvalue weighted by molar-refractivity contribution is -0.129. The van der Waals surface area contributed by atoms with Crippen LogP contribution < -0.4 is 5.56 Å². The van der Waals surface area contributed by atoms with Gasteiger partial charge in [-0.3, -0.25) is 18.8 Å².